The predicted octanol–water partition coefficient (Wildman–Crippen LogP) is 5.23. The molecule has 0 saturated heterocycles. The fourth-order valence-corrected chi connectivity index (χ4v) is 3.91. The summed E-state index contributed by atoms with van der Waals surface area (Å²) in [5.41, 5.74) is 0. The van der Waals surface area contributed by atoms with Gasteiger partial charge in [-0.3, -0.25) is 4.79 Å². The lowest BCUT2D eigenvalue weighted by atomic mass is 9.77. The van der Waals surface area contributed by atoms with Gasteiger partial charge in [-0.15, -0.1) is 18.2 Å². The van der Waals surface area contributed by atoms with Gasteiger partial charge in [0.05, 0.1) is 0 Å². The molecule has 0 radical (unpaired) electrons. The highest BCUT2D eigenvalue weighted by Crippen LogP contribution is 2.43. The van der Waals surface area contributed by atoms with Gasteiger partial charge in [-0.2, -0.15) is 0 Å². The van der Waals surface area contributed by atoms with E-state index >= 15 is 0 Å². The van der Waals surface area contributed by atoms with Gasteiger partial charge in [0.15, 0.2) is 0 Å². The Labute approximate surface area is 123 Å². The van der Waals surface area contributed by atoms with Gasteiger partial charge in [-0.25, -0.2) is 0 Å². The summed E-state index contributed by atoms with van der Waals surface area (Å²) < 4.78 is 0. The number of ketones is 1. The lowest BCUT2D eigenvalue weighted by Crippen LogP contribution is -2.23. The zero-order valence-electron chi connectivity index (χ0n) is 12.5. The van der Waals surface area contributed by atoms with Crippen LogP contribution in [0.5, 0.6) is 0 Å². The molecule has 0 bridgehead atoms. The Morgan fingerprint density at radius 3 is 2.58 bits per heavy atom. The van der Waals surface area contributed by atoms with Crippen molar-refractivity contribution in [1.82, 2.24) is 0 Å². The molecule has 3 atom stereocenters. The number of halogens is 1. The van der Waals surface area contributed by atoms with Crippen LogP contribution in [0.25, 0.3) is 0 Å². The molecule has 1 nitrogen and oxygen atoms in total. The summed E-state index contributed by atoms with van der Waals surface area (Å²) in [5.74, 6) is 3.28. The van der Waals surface area contributed by atoms with Crippen molar-refractivity contribution in [2.24, 2.45) is 23.7 Å². The first-order chi connectivity index (χ1) is 9.11. The monoisotopic (exact) mass is 284 g/mol. The molecule has 0 heterocycles. The third-order valence-corrected chi connectivity index (χ3v) is 4.79. The number of alkyl halides is 1. The molecular formula is C17H29ClO. The Bertz CT molecular complexity index is 285. The van der Waals surface area contributed by atoms with Crippen LogP contribution in [0.2, 0.25) is 0 Å². The molecule has 1 saturated carbocycles. The fourth-order valence-electron chi connectivity index (χ4n) is 3.72. The second-order valence-electron chi connectivity index (χ2n) is 6.27. The number of rotatable bonds is 9. The minimum Gasteiger partial charge on any atom is -0.299 e. The largest absolute Gasteiger partial charge is 0.299 e. The van der Waals surface area contributed by atoms with Gasteiger partial charge in [-0.1, -0.05) is 39.2 Å². The summed E-state index contributed by atoms with van der Waals surface area (Å²) in [6.45, 7) is 8.37. The number of carbonyl (C=O) groups is 1. The molecule has 0 unspecified atom stereocenters. The molecule has 1 fully saturated rings. The van der Waals surface area contributed by atoms with Crippen LogP contribution in [0.15, 0.2) is 12.7 Å². The molecule has 0 spiro atoms. The standard InChI is InChI=1S/C17H29ClO/c1-4-9-14-12-16(19)15(17(14)13(2)3)10-7-5-6-8-11-18/h4,13-15,17H,1,5-12H2,2-3H3/t14-,15+,17+/m0/s1. The van der Waals surface area contributed by atoms with Crippen LogP contribution in [-0.2, 0) is 4.79 Å². The van der Waals surface area contributed by atoms with Crippen LogP contribution >= 0.6 is 11.6 Å². The quantitative estimate of drug-likeness (QED) is 0.322. The van der Waals surface area contributed by atoms with E-state index in [-0.39, 0.29) is 0 Å². The second-order valence-corrected chi connectivity index (χ2v) is 6.65. The van der Waals surface area contributed by atoms with Gasteiger partial charge in [0, 0.05) is 18.2 Å². The highest BCUT2D eigenvalue weighted by molar-refractivity contribution is 6.17. The first-order valence-corrected chi connectivity index (χ1v) is 8.34. The molecule has 0 aromatic heterocycles. The summed E-state index contributed by atoms with van der Waals surface area (Å²) >= 11 is 5.69. The zero-order chi connectivity index (χ0) is 14.3. The van der Waals surface area contributed by atoms with Crippen molar-refractivity contribution in [2.75, 3.05) is 5.88 Å². The average molecular weight is 285 g/mol. The van der Waals surface area contributed by atoms with Crippen molar-refractivity contribution in [3.8, 4) is 0 Å². The van der Waals surface area contributed by atoms with Crippen molar-refractivity contribution in [2.45, 2.75) is 58.8 Å². The molecule has 0 N–H and O–H groups in total. The van der Waals surface area contributed by atoms with Crippen molar-refractivity contribution < 1.29 is 4.79 Å². The maximum Gasteiger partial charge on any atom is 0.136 e. The molecule has 1 rings (SSSR count). The zero-order valence-corrected chi connectivity index (χ0v) is 13.3. The van der Waals surface area contributed by atoms with E-state index in [1.54, 1.807) is 0 Å². The number of Topliss-reactive ketones (excluding diaryl/α,β-unsaturated/α-hetero) is 1. The molecule has 110 valence electrons. The summed E-state index contributed by atoms with van der Waals surface area (Å²) in [6, 6.07) is 0. The minimum atomic E-state index is 0.306. The number of hydrogen-bond acceptors (Lipinski definition) is 1. The molecule has 0 aromatic carbocycles. The van der Waals surface area contributed by atoms with Gasteiger partial charge in [0.1, 0.15) is 5.78 Å². The maximum atomic E-state index is 12.2. The van der Waals surface area contributed by atoms with Crippen molar-refractivity contribution in [3.63, 3.8) is 0 Å². The van der Waals surface area contributed by atoms with E-state index in [2.05, 4.69) is 20.4 Å². The minimum absolute atomic E-state index is 0.306. The van der Waals surface area contributed by atoms with Gasteiger partial charge in [0.2, 0.25) is 0 Å². The fraction of sp³-hybridized carbons (Fsp3) is 0.824. The van der Waals surface area contributed by atoms with E-state index in [9.17, 15) is 4.79 Å². The molecule has 0 aromatic rings. The smallest absolute Gasteiger partial charge is 0.136 e. The number of hydrogen-bond donors (Lipinski definition) is 0. The first-order valence-electron chi connectivity index (χ1n) is 7.81. The highest BCUT2D eigenvalue weighted by Gasteiger charge is 2.42. The number of carbonyl (C=O) groups excluding carboxylic acids is 1. The normalized spacial score (nSPS) is 27.2. The third-order valence-electron chi connectivity index (χ3n) is 4.52. The Kier molecular flexibility index (Phi) is 7.75. The van der Waals surface area contributed by atoms with Gasteiger partial charge in [0.25, 0.3) is 0 Å². The van der Waals surface area contributed by atoms with E-state index in [0.29, 0.717) is 29.5 Å². The summed E-state index contributed by atoms with van der Waals surface area (Å²) in [7, 11) is 0. The topological polar surface area (TPSA) is 17.1 Å². The SMILES string of the molecule is C=CC[C@H]1CC(=O)[C@@H](CCCCCCCl)[C@@H]1C(C)C. The van der Waals surface area contributed by atoms with E-state index in [1.807, 2.05) is 6.08 Å². The lowest BCUT2D eigenvalue weighted by Gasteiger charge is -2.27. The Morgan fingerprint density at radius 1 is 1.32 bits per heavy atom. The van der Waals surface area contributed by atoms with Gasteiger partial charge >= 0.3 is 0 Å². The molecule has 1 aliphatic rings. The van der Waals surface area contributed by atoms with Crippen molar-refractivity contribution in [3.05, 3.63) is 12.7 Å². The maximum absolute atomic E-state index is 12.2. The lowest BCUT2D eigenvalue weighted by molar-refractivity contribution is -0.121. The summed E-state index contributed by atoms with van der Waals surface area (Å²) in [4.78, 5) is 12.2. The van der Waals surface area contributed by atoms with Crippen LogP contribution in [0.4, 0.5) is 0 Å². The molecule has 0 aliphatic heterocycles. The van der Waals surface area contributed by atoms with Crippen LogP contribution in [0, 0.1) is 23.7 Å². The Balaban J connectivity index is 2.49. The Morgan fingerprint density at radius 2 is 2.00 bits per heavy atom. The predicted molar refractivity (Wildman–Crippen MR) is 83.6 cm³/mol. The van der Waals surface area contributed by atoms with E-state index < -0.39 is 0 Å². The average Bonchev–Trinajstić information content (AvgIpc) is 2.66. The van der Waals surface area contributed by atoms with Crippen LogP contribution < -0.4 is 0 Å². The van der Waals surface area contributed by atoms with E-state index in [1.165, 1.54) is 19.3 Å². The molecule has 1 aliphatic carbocycles. The number of allylic oxidation sites excluding steroid dienone is 1. The highest BCUT2D eigenvalue weighted by atomic mass is 35.5. The second kappa shape index (κ2) is 8.79. The van der Waals surface area contributed by atoms with Gasteiger partial charge < -0.3 is 0 Å². The van der Waals surface area contributed by atoms with Crippen molar-refractivity contribution in [1.29, 1.82) is 0 Å². The van der Waals surface area contributed by atoms with E-state index in [0.717, 1.165) is 31.6 Å². The van der Waals surface area contributed by atoms with Gasteiger partial charge in [-0.05, 0) is 37.0 Å². The molecule has 0 amide bonds. The summed E-state index contributed by atoms with van der Waals surface area (Å²) in [6.07, 6.45) is 9.54. The summed E-state index contributed by atoms with van der Waals surface area (Å²) in [5, 5.41) is 0. The molecule has 19 heavy (non-hydrogen) atoms. The first kappa shape index (κ1) is 16.8. The van der Waals surface area contributed by atoms with Crippen molar-refractivity contribution >= 4 is 17.4 Å². The number of unbranched alkanes of at least 4 members (excludes halogenated alkanes) is 3. The molecule has 2 heteroatoms. The van der Waals surface area contributed by atoms with Crippen LogP contribution in [0.1, 0.15) is 58.8 Å². The third kappa shape index (κ3) is 4.95. The van der Waals surface area contributed by atoms with Crippen LogP contribution in [-0.4, -0.2) is 11.7 Å². The Hall–Kier alpha value is -0.300. The van der Waals surface area contributed by atoms with E-state index in [4.69, 9.17) is 11.6 Å². The van der Waals surface area contributed by atoms with Crippen LogP contribution in [0.3, 0.4) is 0 Å². The molecular weight excluding hydrogens is 256 g/mol.